The first-order valence-electron chi connectivity index (χ1n) is 9.03. The molecule has 30 heavy (non-hydrogen) atoms. The molecular weight excluding hydrogens is 404 g/mol. The Hall–Kier alpha value is -3.72. The first-order valence-corrected chi connectivity index (χ1v) is 9.85. The van der Waals surface area contributed by atoms with Gasteiger partial charge in [-0.3, -0.25) is 9.59 Å². The Morgan fingerprint density at radius 2 is 1.90 bits per heavy atom. The molecule has 0 saturated heterocycles. The second kappa shape index (κ2) is 8.34. The minimum Gasteiger partial charge on any atom is -0.497 e. The molecule has 0 aliphatic rings. The van der Waals surface area contributed by atoms with Gasteiger partial charge in [-0.2, -0.15) is 0 Å². The lowest BCUT2D eigenvalue weighted by Crippen LogP contribution is -2.30. The highest BCUT2D eigenvalue weighted by Crippen LogP contribution is 2.30. The Labute approximate surface area is 175 Å². The van der Waals surface area contributed by atoms with Crippen LogP contribution in [0.2, 0.25) is 0 Å². The molecule has 8 nitrogen and oxygen atoms in total. The van der Waals surface area contributed by atoms with E-state index in [2.05, 4.69) is 15.6 Å². The summed E-state index contributed by atoms with van der Waals surface area (Å²) < 4.78 is 11.5. The highest BCUT2D eigenvalue weighted by Gasteiger charge is 2.15. The molecule has 4 rings (SSSR count). The molecular formula is C21H18N4O4S. The number of thiophene rings is 1. The summed E-state index contributed by atoms with van der Waals surface area (Å²) in [6.45, 7) is -0.270. The van der Waals surface area contributed by atoms with Crippen LogP contribution in [0.1, 0.15) is 0 Å². The van der Waals surface area contributed by atoms with Crippen LogP contribution in [0.15, 0.2) is 59.4 Å². The van der Waals surface area contributed by atoms with Crippen molar-refractivity contribution in [2.45, 2.75) is 6.54 Å². The first kappa shape index (κ1) is 19.6. The molecule has 2 heterocycles. The lowest BCUT2D eigenvalue weighted by atomic mass is 10.2. The zero-order valence-corrected chi connectivity index (χ0v) is 17.1. The van der Waals surface area contributed by atoms with Gasteiger partial charge in [0.2, 0.25) is 5.91 Å². The van der Waals surface area contributed by atoms with Crippen LogP contribution < -0.4 is 20.3 Å². The van der Waals surface area contributed by atoms with Crippen molar-refractivity contribution in [1.29, 1.82) is 0 Å². The van der Waals surface area contributed by atoms with Crippen molar-refractivity contribution in [1.82, 2.24) is 15.0 Å². The fourth-order valence-corrected chi connectivity index (χ4v) is 3.93. The van der Waals surface area contributed by atoms with Gasteiger partial charge in [0, 0.05) is 10.9 Å². The van der Waals surface area contributed by atoms with Crippen LogP contribution in [0.3, 0.4) is 0 Å². The summed E-state index contributed by atoms with van der Waals surface area (Å²) in [6.07, 6.45) is 0. The zero-order chi connectivity index (χ0) is 21.1. The van der Waals surface area contributed by atoms with E-state index in [4.69, 9.17) is 9.47 Å². The number of methoxy groups -OCH3 is 2. The molecule has 1 amide bonds. The van der Waals surface area contributed by atoms with Crippen LogP contribution in [-0.2, 0) is 11.3 Å². The van der Waals surface area contributed by atoms with E-state index in [0.717, 1.165) is 15.1 Å². The summed E-state index contributed by atoms with van der Waals surface area (Å²) in [5.41, 5.74) is 1.10. The molecule has 0 atom stereocenters. The lowest BCUT2D eigenvalue weighted by molar-refractivity contribution is -0.117. The number of hydrogen-bond donors (Lipinski definition) is 1. The van der Waals surface area contributed by atoms with E-state index in [-0.39, 0.29) is 12.1 Å². The topological polar surface area (TPSA) is 95.3 Å². The fraction of sp³-hybridized carbons (Fsp3) is 0.143. The molecule has 152 valence electrons. The Morgan fingerprint density at radius 3 is 2.63 bits per heavy atom. The molecule has 0 saturated carbocycles. The van der Waals surface area contributed by atoms with Crippen LogP contribution in [0.4, 0.5) is 5.69 Å². The van der Waals surface area contributed by atoms with E-state index in [1.165, 1.54) is 18.4 Å². The van der Waals surface area contributed by atoms with E-state index in [9.17, 15) is 9.59 Å². The highest BCUT2D eigenvalue weighted by molar-refractivity contribution is 7.21. The number of amides is 1. The molecule has 9 heteroatoms. The summed E-state index contributed by atoms with van der Waals surface area (Å²) in [4.78, 5) is 26.8. The van der Waals surface area contributed by atoms with Crippen LogP contribution in [0, 0.1) is 0 Å². The molecule has 0 unspecified atom stereocenters. The molecule has 1 N–H and O–H groups in total. The number of anilines is 1. The van der Waals surface area contributed by atoms with Crippen LogP contribution >= 0.6 is 11.3 Å². The van der Waals surface area contributed by atoms with Gasteiger partial charge >= 0.3 is 0 Å². The van der Waals surface area contributed by atoms with Gasteiger partial charge < -0.3 is 14.8 Å². The van der Waals surface area contributed by atoms with E-state index in [1.807, 2.05) is 30.3 Å². The molecule has 0 spiro atoms. The SMILES string of the molecule is COc1ccc(NC(=O)Cn2nnc3sc(-c4ccccc4)cc3c2=O)c(OC)c1. The zero-order valence-electron chi connectivity index (χ0n) is 16.3. The van der Waals surface area contributed by atoms with Crippen LogP contribution in [0.5, 0.6) is 11.5 Å². The van der Waals surface area contributed by atoms with Gasteiger partial charge in [0.15, 0.2) is 4.83 Å². The van der Waals surface area contributed by atoms with Gasteiger partial charge in [-0.25, -0.2) is 4.68 Å². The average molecular weight is 422 g/mol. The molecule has 0 aliphatic carbocycles. The third kappa shape index (κ3) is 3.87. The Bertz CT molecular complexity index is 1270. The molecule has 0 aliphatic heterocycles. The van der Waals surface area contributed by atoms with Gasteiger partial charge in [-0.15, -0.1) is 16.4 Å². The minimum absolute atomic E-state index is 0.270. The van der Waals surface area contributed by atoms with Crippen molar-refractivity contribution in [3.8, 4) is 21.9 Å². The number of benzene rings is 2. The van der Waals surface area contributed by atoms with Crippen LogP contribution in [0.25, 0.3) is 20.7 Å². The third-order valence-corrected chi connectivity index (χ3v) is 5.52. The van der Waals surface area contributed by atoms with Gasteiger partial charge in [-0.1, -0.05) is 35.5 Å². The molecule has 0 radical (unpaired) electrons. The number of fused-ring (bicyclic) bond motifs is 1. The van der Waals surface area contributed by atoms with Crippen LogP contribution in [-0.4, -0.2) is 35.1 Å². The molecule has 0 fully saturated rings. The van der Waals surface area contributed by atoms with Crippen molar-refractivity contribution >= 4 is 33.1 Å². The van der Waals surface area contributed by atoms with Gasteiger partial charge in [-0.05, 0) is 23.8 Å². The van der Waals surface area contributed by atoms with E-state index in [1.54, 1.807) is 31.4 Å². The second-order valence-electron chi connectivity index (χ2n) is 6.36. The lowest BCUT2D eigenvalue weighted by Gasteiger charge is -2.11. The second-order valence-corrected chi connectivity index (χ2v) is 7.39. The number of carbonyl (C=O) groups excluding carboxylic acids is 1. The number of rotatable bonds is 6. The van der Waals surface area contributed by atoms with Crippen molar-refractivity contribution in [3.05, 3.63) is 65.0 Å². The molecule has 2 aromatic heterocycles. The maximum absolute atomic E-state index is 12.8. The van der Waals surface area contributed by atoms with Crippen molar-refractivity contribution in [2.24, 2.45) is 0 Å². The largest absolute Gasteiger partial charge is 0.497 e. The normalized spacial score (nSPS) is 10.7. The van der Waals surface area contributed by atoms with Crippen molar-refractivity contribution in [2.75, 3.05) is 19.5 Å². The Balaban J connectivity index is 1.57. The predicted molar refractivity (Wildman–Crippen MR) is 115 cm³/mol. The summed E-state index contributed by atoms with van der Waals surface area (Å²) >= 11 is 1.39. The third-order valence-electron chi connectivity index (χ3n) is 4.46. The highest BCUT2D eigenvalue weighted by atomic mass is 32.1. The van der Waals surface area contributed by atoms with Gasteiger partial charge in [0.25, 0.3) is 5.56 Å². The van der Waals surface area contributed by atoms with Crippen molar-refractivity contribution in [3.63, 3.8) is 0 Å². The molecule has 4 aromatic rings. The Morgan fingerprint density at radius 1 is 1.10 bits per heavy atom. The van der Waals surface area contributed by atoms with E-state index < -0.39 is 5.91 Å². The fourth-order valence-electron chi connectivity index (χ4n) is 2.96. The summed E-state index contributed by atoms with van der Waals surface area (Å²) in [5.74, 6) is 0.624. The number of nitrogens with zero attached hydrogens (tertiary/aromatic N) is 3. The molecule has 0 bridgehead atoms. The summed E-state index contributed by atoms with van der Waals surface area (Å²) in [6, 6.07) is 16.5. The van der Waals surface area contributed by atoms with Gasteiger partial charge in [0.05, 0.1) is 25.3 Å². The van der Waals surface area contributed by atoms with Gasteiger partial charge in [0.1, 0.15) is 18.0 Å². The maximum Gasteiger partial charge on any atom is 0.279 e. The maximum atomic E-state index is 12.8. The quantitative estimate of drug-likeness (QED) is 0.513. The predicted octanol–water partition coefficient (Wildman–Crippen LogP) is 3.18. The number of ether oxygens (including phenoxy) is 2. The average Bonchev–Trinajstić information content (AvgIpc) is 3.22. The Kier molecular flexibility index (Phi) is 5.44. The summed E-state index contributed by atoms with van der Waals surface area (Å²) in [7, 11) is 3.04. The standard InChI is InChI=1S/C21H18N4O4S/c1-28-14-8-9-16(17(10-14)29-2)22-19(26)12-25-21(27)15-11-18(30-20(15)23-24-25)13-6-4-3-5-7-13/h3-11H,12H2,1-2H3,(H,22,26). The first-order chi connectivity index (χ1) is 14.6. The smallest absolute Gasteiger partial charge is 0.279 e. The minimum atomic E-state index is -0.423. The number of nitrogens with one attached hydrogen (secondary N) is 1. The number of hydrogen-bond acceptors (Lipinski definition) is 7. The molecule has 2 aromatic carbocycles. The van der Waals surface area contributed by atoms with E-state index >= 15 is 0 Å². The number of aromatic nitrogens is 3. The monoisotopic (exact) mass is 422 g/mol. The summed E-state index contributed by atoms with van der Waals surface area (Å²) in [5, 5.41) is 11.2. The van der Waals surface area contributed by atoms with Crippen molar-refractivity contribution < 1.29 is 14.3 Å². The number of carbonyl (C=O) groups is 1. The van der Waals surface area contributed by atoms with E-state index in [0.29, 0.717) is 27.4 Å².